The van der Waals surface area contributed by atoms with Gasteiger partial charge in [0.25, 0.3) is 0 Å². The molecule has 3 aromatic heterocycles. The molecule has 0 aliphatic heterocycles. The molecule has 5 heteroatoms. The van der Waals surface area contributed by atoms with Gasteiger partial charge in [0, 0.05) is 50.0 Å². The first-order valence-corrected chi connectivity index (χ1v) is 16.7. The molecule has 0 saturated heterocycles. The third-order valence-electron chi connectivity index (χ3n) is 9.45. The molecule has 0 saturated carbocycles. The fourth-order valence-electron chi connectivity index (χ4n) is 7.16. The Morgan fingerprint density at radius 1 is 0.380 bits per heavy atom. The molecule has 10 aromatic rings. The number of para-hydroxylation sites is 2. The molecule has 0 atom stereocenters. The number of rotatable bonds is 5. The first-order chi connectivity index (χ1) is 24.8. The summed E-state index contributed by atoms with van der Waals surface area (Å²) in [5.41, 5.74) is 10.1. The molecule has 0 N–H and O–H groups in total. The van der Waals surface area contributed by atoms with Crippen LogP contribution in [-0.2, 0) is 0 Å². The van der Waals surface area contributed by atoms with Gasteiger partial charge in [-0.3, -0.25) is 0 Å². The second kappa shape index (κ2) is 11.4. The monoisotopic (exact) mass is 640 g/mol. The Kier molecular flexibility index (Phi) is 6.42. The number of fused-ring (bicyclic) bond motifs is 6. The molecule has 7 aromatic carbocycles. The molecule has 3 heterocycles. The highest BCUT2D eigenvalue weighted by Gasteiger charge is 2.18. The summed E-state index contributed by atoms with van der Waals surface area (Å²) < 4.78 is 8.90. The minimum Gasteiger partial charge on any atom is -0.456 e. The van der Waals surface area contributed by atoms with Crippen LogP contribution in [0.25, 0.3) is 94.7 Å². The number of furan rings is 1. The van der Waals surface area contributed by atoms with Crippen LogP contribution >= 0.6 is 0 Å². The van der Waals surface area contributed by atoms with Gasteiger partial charge in [0.1, 0.15) is 11.2 Å². The van der Waals surface area contributed by atoms with Crippen LogP contribution in [0.3, 0.4) is 0 Å². The van der Waals surface area contributed by atoms with E-state index in [0.29, 0.717) is 17.5 Å². The average Bonchev–Trinajstić information content (AvgIpc) is 3.74. The Balaban J connectivity index is 1.11. The van der Waals surface area contributed by atoms with Gasteiger partial charge < -0.3 is 8.98 Å². The van der Waals surface area contributed by atoms with Gasteiger partial charge in [-0.25, -0.2) is 15.0 Å². The number of benzene rings is 7. The third-order valence-corrected chi connectivity index (χ3v) is 9.45. The zero-order chi connectivity index (χ0) is 33.0. The summed E-state index contributed by atoms with van der Waals surface area (Å²) in [6, 6.07) is 58.5. The summed E-state index contributed by atoms with van der Waals surface area (Å²) in [7, 11) is 0. The SMILES string of the molecule is c1ccc(-c2nc(-c3ccccc3)nc(-c3cccc(-c4cccc5oc6cc(-n7c8ccccc8c8ccccc87)ccc6c45)c3)n2)cc1. The van der Waals surface area contributed by atoms with E-state index in [4.69, 9.17) is 19.4 Å². The minimum atomic E-state index is 0.625. The number of hydrogen-bond acceptors (Lipinski definition) is 4. The van der Waals surface area contributed by atoms with E-state index in [1.54, 1.807) is 0 Å². The van der Waals surface area contributed by atoms with Crippen LogP contribution in [0.5, 0.6) is 0 Å². The number of nitrogens with zero attached hydrogens (tertiary/aromatic N) is 4. The van der Waals surface area contributed by atoms with Crippen molar-refractivity contribution in [1.82, 2.24) is 19.5 Å². The van der Waals surface area contributed by atoms with Gasteiger partial charge in [-0.15, -0.1) is 0 Å². The first kappa shape index (κ1) is 28.2. The quantitative estimate of drug-likeness (QED) is 0.188. The highest BCUT2D eigenvalue weighted by molar-refractivity contribution is 6.13. The maximum Gasteiger partial charge on any atom is 0.164 e. The van der Waals surface area contributed by atoms with Crippen molar-refractivity contribution in [2.24, 2.45) is 0 Å². The molecule has 234 valence electrons. The lowest BCUT2D eigenvalue weighted by atomic mass is 9.97. The van der Waals surface area contributed by atoms with Gasteiger partial charge >= 0.3 is 0 Å². The lowest BCUT2D eigenvalue weighted by Gasteiger charge is -2.10. The van der Waals surface area contributed by atoms with E-state index < -0.39 is 0 Å². The van der Waals surface area contributed by atoms with Crippen molar-refractivity contribution < 1.29 is 4.42 Å². The highest BCUT2D eigenvalue weighted by Crippen LogP contribution is 2.40. The van der Waals surface area contributed by atoms with Crippen molar-refractivity contribution in [3.8, 4) is 51.0 Å². The fourth-order valence-corrected chi connectivity index (χ4v) is 7.16. The van der Waals surface area contributed by atoms with E-state index in [9.17, 15) is 0 Å². The normalized spacial score (nSPS) is 11.6. The van der Waals surface area contributed by atoms with E-state index in [0.717, 1.165) is 55.4 Å². The average molecular weight is 641 g/mol. The van der Waals surface area contributed by atoms with Crippen LogP contribution < -0.4 is 0 Å². The van der Waals surface area contributed by atoms with Crippen molar-refractivity contribution in [3.05, 3.63) is 170 Å². The van der Waals surface area contributed by atoms with Crippen molar-refractivity contribution in [3.63, 3.8) is 0 Å². The van der Waals surface area contributed by atoms with Crippen molar-refractivity contribution >= 4 is 43.7 Å². The standard InChI is InChI=1S/C45H28N4O/c1-3-13-29(14-4-1)43-46-44(30-15-5-2-6-16-30)48-45(47-43)32-18-11-17-31(27-32)34-21-12-24-40-42(34)37-26-25-33(28-41(37)50-40)49-38-22-9-7-19-35(38)36-20-8-10-23-39(36)49/h1-28H. The predicted octanol–water partition coefficient (Wildman–Crippen LogP) is 11.5. The molecule has 5 nitrogen and oxygen atoms in total. The smallest absolute Gasteiger partial charge is 0.164 e. The summed E-state index contributed by atoms with van der Waals surface area (Å²) in [4.78, 5) is 14.8. The predicted molar refractivity (Wildman–Crippen MR) is 203 cm³/mol. The molecule has 0 spiro atoms. The van der Waals surface area contributed by atoms with Gasteiger partial charge in [-0.1, -0.05) is 127 Å². The van der Waals surface area contributed by atoms with Crippen LogP contribution in [-0.4, -0.2) is 19.5 Å². The Labute approximate surface area is 287 Å². The molecule has 0 aliphatic carbocycles. The van der Waals surface area contributed by atoms with Crippen LogP contribution in [0.15, 0.2) is 174 Å². The highest BCUT2D eigenvalue weighted by atomic mass is 16.3. The zero-order valence-corrected chi connectivity index (χ0v) is 26.9. The zero-order valence-electron chi connectivity index (χ0n) is 26.9. The van der Waals surface area contributed by atoms with Gasteiger partial charge in [0.05, 0.1) is 11.0 Å². The Hall–Kier alpha value is -6.85. The lowest BCUT2D eigenvalue weighted by molar-refractivity contribution is 0.668. The summed E-state index contributed by atoms with van der Waals surface area (Å²) in [5, 5.41) is 4.63. The second-order valence-corrected chi connectivity index (χ2v) is 12.5. The largest absolute Gasteiger partial charge is 0.456 e. The molecular weight excluding hydrogens is 613 g/mol. The van der Waals surface area contributed by atoms with E-state index in [1.807, 2.05) is 66.7 Å². The molecule has 0 amide bonds. The number of aromatic nitrogens is 4. The van der Waals surface area contributed by atoms with E-state index >= 15 is 0 Å². The molecule has 0 fully saturated rings. The summed E-state index contributed by atoms with van der Waals surface area (Å²) in [5.74, 6) is 1.91. The Bertz CT molecular complexity index is 2760. The van der Waals surface area contributed by atoms with E-state index in [2.05, 4.69) is 108 Å². The van der Waals surface area contributed by atoms with E-state index in [-0.39, 0.29) is 0 Å². The van der Waals surface area contributed by atoms with Gasteiger partial charge in [0.15, 0.2) is 17.5 Å². The van der Waals surface area contributed by atoms with E-state index in [1.165, 1.54) is 21.8 Å². The molecule has 0 aliphatic rings. The minimum absolute atomic E-state index is 0.625. The lowest BCUT2D eigenvalue weighted by Crippen LogP contribution is -2.00. The van der Waals surface area contributed by atoms with Crippen LogP contribution in [0.2, 0.25) is 0 Å². The molecule has 50 heavy (non-hydrogen) atoms. The molecule has 0 bridgehead atoms. The first-order valence-electron chi connectivity index (χ1n) is 16.7. The van der Waals surface area contributed by atoms with Gasteiger partial charge in [-0.2, -0.15) is 0 Å². The third kappa shape index (κ3) is 4.60. The van der Waals surface area contributed by atoms with Crippen molar-refractivity contribution in [1.29, 1.82) is 0 Å². The van der Waals surface area contributed by atoms with Crippen LogP contribution in [0, 0.1) is 0 Å². The van der Waals surface area contributed by atoms with Crippen molar-refractivity contribution in [2.75, 3.05) is 0 Å². The molecule has 10 rings (SSSR count). The Morgan fingerprint density at radius 3 is 1.58 bits per heavy atom. The topological polar surface area (TPSA) is 56.7 Å². The van der Waals surface area contributed by atoms with Gasteiger partial charge in [0.2, 0.25) is 0 Å². The van der Waals surface area contributed by atoms with Crippen molar-refractivity contribution in [2.45, 2.75) is 0 Å². The maximum atomic E-state index is 6.58. The summed E-state index contributed by atoms with van der Waals surface area (Å²) >= 11 is 0. The molecule has 0 unspecified atom stereocenters. The Morgan fingerprint density at radius 2 is 0.920 bits per heavy atom. The van der Waals surface area contributed by atoms with Crippen LogP contribution in [0.4, 0.5) is 0 Å². The number of hydrogen-bond donors (Lipinski definition) is 0. The molecular formula is C45H28N4O. The van der Waals surface area contributed by atoms with Gasteiger partial charge in [-0.05, 0) is 47.5 Å². The fraction of sp³-hybridized carbons (Fsp3) is 0. The molecule has 0 radical (unpaired) electrons. The van der Waals surface area contributed by atoms with Crippen LogP contribution in [0.1, 0.15) is 0 Å². The maximum absolute atomic E-state index is 6.58. The summed E-state index contributed by atoms with van der Waals surface area (Å²) in [6.07, 6.45) is 0. The second-order valence-electron chi connectivity index (χ2n) is 12.5. The summed E-state index contributed by atoms with van der Waals surface area (Å²) in [6.45, 7) is 0.